The zero-order chi connectivity index (χ0) is 18.2. The lowest BCUT2D eigenvalue weighted by atomic mass is 10.1. The minimum atomic E-state index is -0.0764. The Labute approximate surface area is 157 Å². The number of nitrogens with one attached hydrogen (secondary N) is 1. The van der Waals surface area contributed by atoms with Crippen LogP contribution in [0.25, 0.3) is 0 Å². The first kappa shape index (κ1) is 19.4. The minimum Gasteiger partial charge on any atom is -0.493 e. The van der Waals surface area contributed by atoms with Gasteiger partial charge in [-0.05, 0) is 43.2 Å². The van der Waals surface area contributed by atoms with Crippen molar-refractivity contribution in [1.29, 1.82) is 0 Å². The van der Waals surface area contributed by atoms with Gasteiger partial charge in [-0.2, -0.15) is 0 Å². The zero-order valence-corrected chi connectivity index (χ0v) is 16.2. The van der Waals surface area contributed by atoms with Crippen molar-refractivity contribution in [2.45, 2.75) is 19.9 Å². The van der Waals surface area contributed by atoms with E-state index in [4.69, 9.17) is 21.1 Å². The maximum Gasteiger partial charge on any atom is 0.317 e. The van der Waals surface area contributed by atoms with Crippen LogP contribution in [0.5, 0.6) is 11.5 Å². The van der Waals surface area contributed by atoms with Crippen molar-refractivity contribution in [3.8, 4) is 11.5 Å². The molecule has 2 rings (SSSR count). The third kappa shape index (κ3) is 5.54. The van der Waals surface area contributed by atoms with E-state index in [9.17, 15) is 4.79 Å². The average molecular weight is 383 g/mol. The Kier molecular flexibility index (Phi) is 7.40. The van der Waals surface area contributed by atoms with Gasteiger partial charge in [0.2, 0.25) is 0 Å². The van der Waals surface area contributed by atoms with Gasteiger partial charge in [-0.15, -0.1) is 11.3 Å². The number of urea groups is 1. The van der Waals surface area contributed by atoms with E-state index >= 15 is 0 Å². The Balaban J connectivity index is 1.86. The molecule has 0 radical (unpaired) electrons. The van der Waals surface area contributed by atoms with Crippen LogP contribution in [-0.4, -0.2) is 38.2 Å². The SMILES string of the molecule is CCN(Cc1ccc(Cl)s1)C(=O)NCCc1ccc(OC)c(OC)c1. The molecule has 0 fully saturated rings. The molecule has 0 unspecified atom stereocenters. The van der Waals surface area contributed by atoms with Gasteiger partial charge in [0, 0.05) is 18.0 Å². The molecular formula is C18H23ClN2O3S. The summed E-state index contributed by atoms with van der Waals surface area (Å²) in [5, 5.41) is 2.96. The van der Waals surface area contributed by atoms with Gasteiger partial charge >= 0.3 is 6.03 Å². The maximum absolute atomic E-state index is 12.3. The molecule has 1 N–H and O–H groups in total. The zero-order valence-electron chi connectivity index (χ0n) is 14.7. The first-order valence-electron chi connectivity index (χ1n) is 8.05. The van der Waals surface area contributed by atoms with Gasteiger partial charge in [0.1, 0.15) is 0 Å². The van der Waals surface area contributed by atoms with Crippen molar-refractivity contribution in [3.63, 3.8) is 0 Å². The molecule has 0 saturated carbocycles. The van der Waals surface area contributed by atoms with Crippen LogP contribution < -0.4 is 14.8 Å². The van der Waals surface area contributed by atoms with E-state index in [1.54, 1.807) is 19.1 Å². The molecule has 136 valence electrons. The Morgan fingerprint density at radius 3 is 2.56 bits per heavy atom. The second-order valence-electron chi connectivity index (χ2n) is 5.39. The van der Waals surface area contributed by atoms with Crippen LogP contribution in [0.15, 0.2) is 30.3 Å². The molecule has 0 atom stereocenters. The molecule has 1 aromatic carbocycles. The molecule has 2 amide bonds. The Morgan fingerprint density at radius 1 is 1.20 bits per heavy atom. The van der Waals surface area contributed by atoms with Gasteiger partial charge in [-0.1, -0.05) is 17.7 Å². The quantitative estimate of drug-likeness (QED) is 0.744. The summed E-state index contributed by atoms with van der Waals surface area (Å²) in [6, 6.07) is 9.49. The smallest absolute Gasteiger partial charge is 0.317 e. The Hall–Kier alpha value is -1.92. The number of halogens is 1. The lowest BCUT2D eigenvalue weighted by Gasteiger charge is -2.20. The van der Waals surface area contributed by atoms with Gasteiger partial charge < -0.3 is 19.7 Å². The molecule has 7 heteroatoms. The van der Waals surface area contributed by atoms with E-state index in [0.717, 1.165) is 14.8 Å². The molecule has 0 aliphatic rings. The van der Waals surface area contributed by atoms with E-state index in [0.29, 0.717) is 37.6 Å². The summed E-state index contributed by atoms with van der Waals surface area (Å²) < 4.78 is 11.3. The number of carbonyl (C=O) groups is 1. The number of carbonyl (C=O) groups excluding carboxylic acids is 1. The number of benzene rings is 1. The summed E-state index contributed by atoms with van der Waals surface area (Å²) in [6.45, 7) is 3.72. The van der Waals surface area contributed by atoms with Crippen LogP contribution in [0.3, 0.4) is 0 Å². The number of amides is 2. The molecule has 1 heterocycles. The summed E-state index contributed by atoms with van der Waals surface area (Å²) in [6.07, 6.45) is 0.717. The normalized spacial score (nSPS) is 10.4. The van der Waals surface area contributed by atoms with E-state index < -0.39 is 0 Å². The summed E-state index contributed by atoms with van der Waals surface area (Å²) in [5.41, 5.74) is 1.08. The van der Waals surface area contributed by atoms with Crippen LogP contribution in [0, 0.1) is 0 Å². The summed E-state index contributed by atoms with van der Waals surface area (Å²) in [4.78, 5) is 15.2. The molecule has 25 heavy (non-hydrogen) atoms. The van der Waals surface area contributed by atoms with Crippen molar-refractivity contribution in [3.05, 3.63) is 45.1 Å². The van der Waals surface area contributed by atoms with Gasteiger partial charge in [0.15, 0.2) is 11.5 Å². The fourth-order valence-electron chi connectivity index (χ4n) is 2.41. The van der Waals surface area contributed by atoms with Crippen molar-refractivity contribution >= 4 is 29.0 Å². The summed E-state index contributed by atoms with van der Waals surface area (Å²) in [5.74, 6) is 1.39. The molecule has 0 spiro atoms. The highest BCUT2D eigenvalue weighted by atomic mass is 35.5. The molecule has 0 aliphatic heterocycles. The van der Waals surface area contributed by atoms with Crippen molar-refractivity contribution in [2.75, 3.05) is 27.3 Å². The highest BCUT2D eigenvalue weighted by molar-refractivity contribution is 7.16. The first-order chi connectivity index (χ1) is 12.1. The van der Waals surface area contributed by atoms with Gasteiger partial charge in [-0.25, -0.2) is 4.79 Å². The second kappa shape index (κ2) is 9.53. The standard InChI is InChI=1S/C18H23ClN2O3S/c1-4-21(12-14-6-8-17(19)25-14)18(22)20-10-9-13-5-7-15(23-2)16(11-13)24-3/h5-8,11H,4,9-10,12H2,1-3H3,(H,20,22). The van der Waals surface area contributed by atoms with Gasteiger partial charge in [0.25, 0.3) is 0 Å². The maximum atomic E-state index is 12.3. The van der Waals surface area contributed by atoms with E-state index in [-0.39, 0.29) is 6.03 Å². The van der Waals surface area contributed by atoms with Crippen LogP contribution in [0.1, 0.15) is 17.4 Å². The number of nitrogens with zero attached hydrogens (tertiary/aromatic N) is 1. The predicted octanol–water partition coefficient (Wildman–Crippen LogP) is 4.19. The number of rotatable bonds is 8. The van der Waals surface area contributed by atoms with E-state index in [2.05, 4.69) is 5.32 Å². The lowest BCUT2D eigenvalue weighted by molar-refractivity contribution is 0.199. The van der Waals surface area contributed by atoms with Crippen molar-refractivity contribution in [2.24, 2.45) is 0 Å². The molecule has 0 aliphatic carbocycles. The van der Waals surface area contributed by atoms with Crippen LogP contribution >= 0.6 is 22.9 Å². The highest BCUT2D eigenvalue weighted by Gasteiger charge is 2.13. The van der Waals surface area contributed by atoms with Crippen LogP contribution in [0.2, 0.25) is 4.34 Å². The average Bonchev–Trinajstić information content (AvgIpc) is 3.04. The van der Waals surface area contributed by atoms with Crippen molar-refractivity contribution < 1.29 is 14.3 Å². The third-order valence-corrected chi connectivity index (χ3v) is 5.00. The number of hydrogen-bond acceptors (Lipinski definition) is 4. The largest absolute Gasteiger partial charge is 0.493 e. The fraction of sp³-hybridized carbons (Fsp3) is 0.389. The molecule has 2 aromatic rings. The molecule has 5 nitrogen and oxygen atoms in total. The molecule has 0 saturated heterocycles. The number of ether oxygens (including phenoxy) is 2. The number of hydrogen-bond donors (Lipinski definition) is 1. The summed E-state index contributed by atoms with van der Waals surface area (Å²) in [7, 11) is 3.22. The monoisotopic (exact) mass is 382 g/mol. The number of thiophene rings is 1. The third-order valence-electron chi connectivity index (χ3n) is 3.78. The Bertz CT molecular complexity index is 705. The Morgan fingerprint density at radius 2 is 1.96 bits per heavy atom. The first-order valence-corrected chi connectivity index (χ1v) is 9.24. The van der Waals surface area contributed by atoms with Crippen LogP contribution in [0.4, 0.5) is 4.79 Å². The summed E-state index contributed by atoms with van der Waals surface area (Å²) >= 11 is 7.44. The minimum absolute atomic E-state index is 0.0764. The topological polar surface area (TPSA) is 50.8 Å². The highest BCUT2D eigenvalue weighted by Crippen LogP contribution is 2.27. The van der Waals surface area contributed by atoms with E-state index in [1.807, 2.05) is 37.3 Å². The molecule has 1 aromatic heterocycles. The number of methoxy groups -OCH3 is 2. The van der Waals surface area contributed by atoms with Gasteiger partial charge in [-0.3, -0.25) is 0 Å². The fourth-order valence-corrected chi connectivity index (χ4v) is 3.52. The molecular weight excluding hydrogens is 360 g/mol. The van der Waals surface area contributed by atoms with Crippen molar-refractivity contribution in [1.82, 2.24) is 10.2 Å². The van der Waals surface area contributed by atoms with Crippen LogP contribution in [-0.2, 0) is 13.0 Å². The second-order valence-corrected chi connectivity index (χ2v) is 7.19. The molecule has 0 bridgehead atoms. The lowest BCUT2D eigenvalue weighted by Crippen LogP contribution is -2.40. The van der Waals surface area contributed by atoms with E-state index in [1.165, 1.54) is 11.3 Å². The van der Waals surface area contributed by atoms with Gasteiger partial charge in [0.05, 0.1) is 25.1 Å². The predicted molar refractivity (Wildman–Crippen MR) is 102 cm³/mol.